The number of carbonyl (C=O) groups excluding carboxylic acids is 1. The van der Waals surface area contributed by atoms with Gasteiger partial charge < -0.3 is 15.7 Å². The van der Waals surface area contributed by atoms with Crippen LogP contribution in [0.5, 0.6) is 0 Å². The Balaban J connectivity index is 0.00000196. The van der Waals surface area contributed by atoms with Gasteiger partial charge in [-0.15, -0.1) is 0 Å². The zero-order valence-electron chi connectivity index (χ0n) is 8.49. The van der Waals surface area contributed by atoms with Crippen LogP contribution in [0.2, 0.25) is 0 Å². The summed E-state index contributed by atoms with van der Waals surface area (Å²) in [4.78, 5) is 23.8. The Morgan fingerprint density at radius 3 is 2.93 bits per heavy atom. The van der Waals surface area contributed by atoms with E-state index < -0.39 is 6.04 Å². The van der Waals surface area contributed by atoms with Crippen LogP contribution in [-0.4, -0.2) is 36.2 Å². The Kier molecular flexibility index (Phi) is 6.36. The van der Waals surface area contributed by atoms with Crippen molar-refractivity contribution in [2.75, 3.05) is 14.2 Å². The van der Waals surface area contributed by atoms with Crippen LogP contribution in [0.25, 0.3) is 0 Å². The van der Waals surface area contributed by atoms with Crippen LogP contribution >= 0.6 is 0 Å². The van der Waals surface area contributed by atoms with Crippen molar-refractivity contribution in [3.8, 4) is 0 Å². The molecule has 1 heterocycles. The Morgan fingerprint density at radius 2 is 2.47 bits per heavy atom. The zero-order chi connectivity index (χ0) is 10.6. The first-order chi connectivity index (χ1) is 6.65. The first-order valence-electron chi connectivity index (χ1n) is 4.14. The topological polar surface area (TPSA) is 82.5 Å². The van der Waals surface area contributed by atoms with Crippen LogP contribution in [0.3, 0.4) is 0 Å². The number of imidazole rings is 1. The maximum Gasteiger partial charge on any atom is 0.263 e. The van der Waals surface area contributed by atoms with Crippen LogP contribution in [0, 0.1) is 0 Å². The molecule has 0 saturated carbocycles. The molecule has 1 rings (SSSR count). The molecular formula is C8H13N4O2Pd-. The molecule has 7 heteroatoms. The van der Waals surface area contributed by atoms with Gasteiger partial charge in [-0.05, 0) is 6.42 Å². The molecule has 0 radical (unpaired) electrons. The predicted molar refractivity (Wildman–Crippen MR) is 49.0 cm³/mol. The van der Waals surface area contributed by atoms with Crippen LogP contribution < -0.4 is 10.7 Å². The molecule has 1 aromatic heterocycles. The number of hydrogen-bond donors (Lipinski definition) is 1. The van der Waals surface area contributed by atoms with E-state index in [-0.39, 0.29) is 26.3 Å². The van der Waals surface area contributed by atoms with Crippen molar-refractivity contribution in [3.05, 3.63) is 18.2 Å². The molecule has 2 N–H and O–H groups in total. The van der Waals surface area contributed by atoms with Gasteiger partial charge in [-0.25, -0.2) is 5.06 Å². The molecule has 0 spiro atoms. The van der Waals surface area contributed by atoms with Crippen molar-refractivity contribution >= 4 is 5.91 Å². The second-order valence-electron chi connectivity index (χ2n) is 2.84. The molecular weight excluding hydrogens is 291 g/mol. The molecule has 6 nitrogen and oxygen atoms in total. The van der Waals surface area contributed by atoms with E-state index in [2.05, 4.69) is 9.97 Å². The van der Waals surface area contributed by atoms with Crippen LogP contribution in [0.1, 0.15) is 5.69 Å². The number of hydrogen-bond acceptors (Lipinski definition) is 4. The molecule has 0 saturated heterocycles. The van der Waals surface area contributed by atoms with Crippen molar-refractivity contribution in [2.45, 2.75) is 12.5 Å². The van der Waals surface area contributed by atoms with Crippen LogP contribution in [0.4, 0.5) is 0 Å². The Hall–Kier alpha value is -0.738. The van der Waals surface area contributed by atoms with E-state index in [0.29, 0.717) is 12.1 Å². The van der Waals surface area contributed by atoms with Gasteiger partial charge in [0.25, 0.3) is 5.91 Å². The largest absolute Gasteiger partial charge is 0.450 e. The van der Waals surface area contributed by atoms with Gasteiger partial charge in [-0.1, -0.05) is 18.2 Å². The smallest absolute Gasteiger partial charge is 0.263 e. The number of nitrogens with two attached hydrogens (primary N) is 1. The fraction of sp³-hybridized carbons (Fsp3) is 0.500. The maximum absolute atomic E-state index is 11.4. The van der Waals surface area contributed by atoms with Crippen LogP contribution in [0.15, 0.2) is 12.5 Å². The zero-order valence-corrected chi connectivity index (χ0v) is 10.0. The number of nitrogens with zero attached hydrogens (tertiary/aromatic N) is 3. The van der Waals surface area contributed by atoms with Crippen LogP contribution in [-0.2, 0) is 36.5 Å². The number of carbonyl (C=O) groups is 1. The Labute approximate surface area is 102 Å². The first-order valence-corrected chi connectivity index (χ1v) is 4.14. The van der Waals surface area contributed by atoms with E-state index in [9.17, 15) is 4.79 Å². The molecule has 1 atom stereocenters. The third-order valence-electron chi connectivity index (χ3n) is 1.84. The molecule has 1 aromatic rings. The molecule has 0 aliphatic heterocycles. The quantitative estimate of drug-likeness (QED) is 0.565. The number of likely N-dealkylation sites (N-methyl/N-ethyl adjacent to an activating group) is 1. The molecule has 15 heavy (non-hydrogen) atoms. The fourth-order valence-corrected chi connectivity index (χ4v) is 1.00. The Morgan fingerprint density at radius 1 is 1.80 bits per heavy atom. The molecule has 0 aromatic carbocycles. The van der Waals surface area contributed by atoms with Crippen molar-refractivity contribution in [1.29, 1.82) is 0 Å². The second kappa shape index (κ2) is 6.69. The number of aromatic nitrogens is 2. The molecule has 88 valence electrons. The van der Waals surface area contributed by atoms with Gasteiger partial charge >= 0.3 is 0 Å². The van der Waals surface area contributed by atoms with Crippen molar-refractivity contribution in [1.82, 2.24) is 15.0 Å². The maximum atomic E-state index is 11.4. The minimum Gasteiger partial charge on any atom is -0.450 e. The van der Waals surface area contributed by atoms with Gasteiger partial charge in [0.15, 0.2) is 0 Å². The monoisotopic (exact) mass is 303 g/mol. The summed E-state index contributed by atoms with van der Waals surface area (Å²) in [7, 11) is 2.92. The summed E-state index contributed by atoms with van der Waals surface area (Å²) in [6.07, 6.45) is 3.37. The van der Waals surface area contributed by atoms with Crippen molar-refractivity contribution in [2.24, 2.45) is 5.73 Å². The fourth-order valence-electron chi connectivity index (χ4n) is 1.00. The SMILES string of the molecule is CON(C)C(=O)C(N)Cc1c[n-]cn1.[Pd]. The van der Waals surface area contributed by atoms with Gasteiger partial charge in [-0.2, -0.15) is 0 Å². The van der Waals surface area contributed by atoms with Gasteiger partial charge in [0.2, 0.25) is 0 Å². The number of hydroxylamine groups is 2. The van der Waals surface area contributed by atoms with E-state index >= 15 is 0 Å². The van der Waals surface area contributed by atoms with Crippen molar-refractivity contribution in [3.63, 3.8) is 0 Å². The number of amides is 1. The van der Waals surface area contributed by atoms with Gasteiger partial charge in [-0.3, -0.25) is 9.63 Å². The molecule has 0 fully saturated rings. The molecule has 0 bridgehead atoms. The summed E-state index contributed by atoms with van der Waals surface area (Å²) in [6, 6.07) is -0.642. The predicted octanol–water partition coefficient (Wildman–Crippen LogP) is -1.07. The summed E-state index contributed by atoms with van der Waals surface area (Å²) < 4.78 is 0. The minimum atomic E-state index is -0.642. The third-order valence-corrected chi connectivity index (χ3v) is 1.84. The molecule has 0 aliphatic rings. The summed E-state index contributed by atoms with van der Waals surface area (Å²) in [5.41, 5.74) is 6.35. The van der Waals surface area contributed by atoms with Gasteiger partial charge in [0.1, 0.15) is 0 Å². The summed E-state index contributed by atoms with van der Waals surface area (Å²) in [6.45, 7) is 0. The van der Waals surface area contributed by atoms with E-state index in [0.717, 1.165) is 5.06 Å². The first kappa shape index (κ1) is 14.3. The van der Waals surface area contributed by atoms with E-state index in [1.54, 1.807) is 6.20 Å². The number of rotatable bonds is 4. The van der Waals surface area contributed by atoms with Crippen molar-refractivity contribution < 1.29 is 30.1 Å². The third kappa shape index (κ3) is 4.10. The van der Waals surface area contributed by atoms with E-state index in [4.69, 9.17) is 10.6 Å². The second-order valence-corrected chi connectivity index (χ2v) is 2.84. The normalized spacial score (nSPS) is 11.7. The van der Waals surface area contributed by atoms with E-state index in [1.807, 2.05) is 0 Å². The molecule has 0 aliphatic carbocycles. The molecule has 1 amide bonds. The summed E-state index contributed by atoms with van der Waals surface area (Å²) in [5, 5.41) is 1.10. The Bertz CT molecular complexity index is 291. The minimum absolute atomic E-state index is 0. The van der Waals surface area contributed by atoms with E-state index in [1.165, 1.54) is 20.5 Å². The standard InChI is InChI=1S/C8H13N4O2.Pd/c1-12(14-2)8(13)7(9)3-6-4-10-5-11-6;/h4-5,7H,3,9H2,1-2H3;/q-1;. The van der Waals surface area contributed by atoms with Gasteiger partial charge in [0.05, 0.1) is 13.2 Å². The summed E-state index contributed by atoms with van der Waals surface area (Å²) >= 11 is 0. The average molecular weight is 304 g/mol. The summed E-state index contributed by atoms with van der Waals surface area (Å²) in [5.74, 6) is -0.282. The molecule has 1 unspecified atom stereocenters. The average Bonchev–Trinajstić information content (AvgIpc) is 2.68. The van der Waals surface area contributed by atoms with Gasteiger partial charge in [0, 0.05) is 27.5 Å².